The second-order valence-electron chi connectivity index (χ2n) is 6.02. The van der Waals surface area contributed by atoms with Gasteiger partial charge < -0.3 is 14.8 Å². The van der Waals surface area contributed by atoms with E-state index in [1.54, 1.807) is 49.6 Å². The van der Waals surface area contributed by atoms with Gasteiger partial charge in [0, 0.05) is 18.7 Å². The maximum absolute atomic E-state index is 12.4. The Morgan fingerprint density at radius 1 is 1.12 bits per heavy atom. The first kappa shape index (κ1) is 19.3. The van der Waals surface area contributed by atoms with E-state index in [0.717, 1.165) is 0 Å². The van der Waals surface area contributed by atoms with Gasteiger partial charge in [-0.1, -0.05) is 18.2 Å². The highest BCUT2D eigenvalue weighted by Gasteiger charge is 2.20. The molecule has 0 saturated heterocycles. The highest BCUT2D eigenvalue weighted by molar-refractivity contribution is 6.02. The van der Waals surface area contributed by atoms with E-state index in [-0.39, 0.29) is 24.5 Å². The largest absolute Gasteiger partial charge is 0.497 e. The standard InChI is InChI=1S/C20H24N2O4/c1-14(2)26-19-11-6-5-10-18(19)22(15(3)23)13-20(24)21-16-8-7-9-17(12-16)25-4/h5-12,14H,13H2,1-4H3,(H,21,24). The highest BCUT2D eigenvalue weighted by Crippen LogP contribution is 2.29. The van der Waals surface area contributed by atoms with Crippen LogP contribution in [0.4, 0.5) is 11.4 Å². The van der Waals surface area contributed by atoms with Gasteiger partial charge in [-0.15, -0.1) is 0 Å². The molecule has 2 rings (SSSR count). The van der Waals surface area contributed by atoms with Crippen LogP contribution in [0, 0.1) is 0 Å². The normalized spacial score (nSPS) is 10.3. The van der Waals surface area contributed by atoms with Crippen LogP contribution in [0.2, 0.25) is 0 Å². The maximum atomic E-state index is 12.4. The number of nitrogens with one attached hydrogen (secondary N) is 1. The van der Waals surface area contributed by atoms with Gasteiger partial charge in [0.1, 0.15) is 18.0 Å². The van der Waals surface area contributed by atoms with Crippen molar-refractivity contribution in [3.8, 4) is 11.5 Å². The van der Waals surface area contributed by atoms with Gasteiger partial charge >= 0.3 is 0 Å². The van der Waals surface area contributed by atoms with Crippen LogP contribution in [0.15, 0.2) is 48.5 Å². The van der Waals surface area contributed by atoms with E-state index in [4.69, 9.17) is 9.47 Å². The van der Waals surface area contributed by atoms with Gasteiger partial charge in [0.15, 0.2) is 0 Å². The van der Waals surface area contributed by atoms with Gasteiger partial charge in [0.05, 0.1) is 18.9 Å². The second-order valence-corrected chi connectivity index (χ2v) is 6.02. The number of hydrogen-bond acceptors (Lipinski definition) is 4. The quantitative estimate of drug-likeness (QED) is 0.825. The number of benzene rings is 2. The summed E-state index contributed by atoms with van der Waals surface area (Å²) < 4.78 is 10.9. The molecule has 0 bridgehead atoms. The molecule has 26 heavy (non-hydrogen) atoms. The number of hydrogen-bond donors (Lipinski definition) is 1. The first-order valence-corrected chi connectivity index (χ1v) is 8.38. The number of nitrogens with zero attached hydrogens (tertiary/aromatic N) is 1. The summed E-state index contributed by atoms with van der Waals surface area (Å²) in [6.07, 6.45) is -0.0458. The van der Waals surface area contributed by atoms with Gasteiger partial charge in [-0.05, 0) is 38.1 Å². The summed E-state index contributed by atoms with van der Waals surface area (Å²) in [6, 6.07) is 14.2. The van der Waals surface area contributed by atoms with Crippen LogP contribution in [-0.4, -0.2) is 31.6 Å². The molecular formula is C20H24N2O4. The van der Waals surface area contributed by atoms with Crippen LogP contribution in [-0.2, 0) is 9.59 Å². The summed E-state index contributed by atoms with van der Waals surface area (Å²) in [7, 11) is 1.56. The van der Waals surface area contributed by atoms with Crippen molar-refractivity contribution in [2.75, 3.05) is 23.9 Å². The van der Waals surface area contributed by atoms with Crippen LogP contribution in [0.25, 0.3) is 0 Å². The van der Waals surface area contributed by atoms with Crippen LogP contribution in [0.3, 0.4) is 0 Å². The number of rotatable bonds is 7. The number of anilines is 2. The molecule has 0 atom stereocenters. The predicted molar refractivity (Wildman–Crippen MR) is 102 cm³/mol. The highest BCUT2D eigenvalue weighted by atomic mass is 16.5. The van der Waals surface area contributed by atoms with E-state index >= 15 is 0 Å². The Hall–Kier alpha value is -3.02. The van der Waals surface area contributed by atoms with Crippen molar-refractivity contribution in [2.24, 2.45) is 0 Å². The molecule has 0 fully saturated rings. The molecule has 138 valence electrons. The van der Waals surface area contributed by atoms with Crippen molar-refractivity contribution in [3.63, 3.8) is 0 Å². The molecule has 0 heterocycles. The molecule has 0 aliphatic carbocycles. The van der Waals surface area contributed by atoms with E-state index < -0.39 is 0 Å². The van der Waals surface area contributed by atoms with Gasteiger partial charge in [0.25, 0.3) is 0 Å². The number of para-hydroxylation sites is 2. The van der Waals surface area contributed by atoms with Crippen LogP contribution < -0.4 is 19.7 Å². The minimum absolute atomic E-state index is 0.0458. The van der Waals surface area contributed by atoms with Crippen molar-refractivity contribution in [1.29, 1.82) is 0 Å². The first-order valence-electron chi connectivity index (χ1n) is 8.38. The molecule has 6 heteroatoms. The number of ether oxygens (including phenoxy) is 2. The van der Waals surface area contributed by atoms with Crippen molar-refractivity contribution in [3.05, 3.63) is 48.5 Å². The monoisotopic (exact) mass is 356 g/mol. The van der Waals surface area contributed by atoms with Crippen LogP contribution >= 0.6 is 0 Å². The maximum Gasteiger partial charge on any atom is 0.244 e. The van der Waals surface area contributed by atoms with Crippen molar-refractivity contribution in [1.82, 2.24) is 0 Å². The summed E-state index contributed by atoms with van der Waals surface area (Å²) >= 11 is 0. The fourth-order valence-electron chi connectivity index (χ4n) is 2.44. The van der Waals surface area contributed by atoms with Gasteiger partial charge in [0.2, 0.25) is 11.8 Å². The first-order chi connectivity index (χ1) is 12.4. The average Bonchev–Trinajstić information content (AvgIpc) is 2.60. The van der Waals surface area contributed by atoms with Gasteiger partial charge in [-0.3, -0.25) is 14.5 Å². The molecule has 0 aliphatic heterocycles. The SMILES string of the molecule is COc1cccc(NC(=O)CN(C(C)=O)c2ccccc2OC(C)C)c1. The van der Waals surface area contributed by atoms with E-state index in [1.807, 2.05) is 19.9 Å². The Morgan fingerprint density at radius 2 is 1.85 bits per heavy atom. The fraction of sp³-hybridized carbons (Fsp3) is 0.300. The van der Waals surface area contributed by atoms with Crippen LogP contribution in [0.1, 0.15) is 20.8 Å². The average molecular weight is 356 g/mol. The van der Waals surface area contributed by atoms with Gasteiger partial charge in [-0.2, -0.15) is 0 Å². The molecule has 6 nitrogen and oxygen atoms in total. The molecule has 2 aromatic carbocycles. The lowest BCUT2D eigenvalue weighted by Gasteiger charge is -2.24. The topological polar surface area (TPSA) is 67.9 Å². The summed E-state index contributed by atoms with van der Waals surface area (Å²) in [6.45, 7) is 5.12. The molecule has 2 aromatic rings. The lowest BCUT2D eigenvalue weighted by atomic mass is 10.2. The third-order valence-electron chi connectivity index (χ3n) is 3.55. The summed E-state index contributed by atoms with van der Waals surface area (Å²) in [5.74, 6) is 0.646. The molecule has 0 radical (unpaired) electrons. The van der Waals surface area contributed by atoms with Crippen molar-refractivity contribution < 1.29 is 19.1 Å². The van der Waals surface area contributed by atoms with Crippen molar-refractivity contribution in [2.45, 2.75) is 26.9 Å². The Morgan fingerprint density at radius 3 is 2.50 bits per heavy atom. The Kier molecular flexibility index (Phi) is 6.60. The number of amides is 2. The molecule has 0 unspecified atom stereocenters. The fourth-order valence-corrected chi connectivity index (χ4v) is 2.44. The van der Waals surface area contributed by atoms with Gasteiger partial charge in [-0.25, -0.2) is 0 Å². The van der Waals surface area contributed by atoms with E-state index in [9.17, 15) is 9.59 Å². The summed E-state index contributed by atoms with van der Waals surface area (Å²) in [5, 5.41) is 2.78. The molecule has 0 aliphatic rings. The Bertz CT molecular complexity index is 774. The minimum atomic E-state index is -0.312. The number of carbonyl (C=O) groups is 2. The minimum Gasteiger partial charge on any atom is -0.497 e. The lowest BCUT2D eigenvalue weighted by molar-refractivity contribution is -0.120. The summed E-state index contributed by atoms with van der Waals surface area (Å²) in [5.41, 5.74) is 1.17. The lowest BCUT2D eigenvalue weighted by Crippen LogP contribution is -2.37. The third-order valence-corrected chi connectivity index (χ3v) is 3.55. The summed E-state index contributed by atoms with van der Waals surface area (Å²) in [4.78, 5) is 26.0. The van der Waals surface area contributed by atoms with Crippen molar-refractivity contribution >= 4 is 23.2 Å². The Balaban J connectivity index is 2.18. The molecule has 2 amide bonds. The zero-order valence-electron chi connectivity index (χ0n) is 15.5. The zero-order valence-corrected chi connectivity index (χ0v) is 15.5. The van der Waals surface area contributed by atoms with E-state index in [2.05, 4.69) is 5.32 Å². The van der Waals surface area contributed by atoms with Crippen LogP contribution in [0.5, 0.6) is 11.5 Å². The molecule has 0 spiro atoms. The number of methoxy groups -OCH3 is 1. The predicted octanol–water partition coefficient (Wildman–Crippen LogP) is 3.47. The van der Waals surface area contributed by atoms with E-state index in [1.165, 1.54) is 11.8 Å². The third kappa shape index (κ3) is 5.24. The molecule has 0 aromatic heterocycles. The smallest absolute Gasteiger partial charge is 0.244 e. The van der Waals surface area contributed by atoms with E-state index in [0.29, 0.717) is 22.9 Å². The second kappa shape index (κ2) is 8.89. The molecule has 1 N–H and O–H groups in total. The Labute approximate surface area is 153 Å². The molecule has 0 saturated carbocycles. The number of carbonyl (C=O) groups excluding carboxylic acids is 2. The zero-order chi connectivity index (χ0) is 19.1. The molecular weight excluding hydrogens is 332 g/mol.